The first-order chi connectivity index (χ1) is 13.2. The number of ether oxygens (including phenoxy) is 1. The van der Waals surface area contributed by atoms with Crippen molar-refractivity contribution < 1.29 is 9.53 Å². The summed E-state index contributed by atoms with van der Waals surface area (Å²) >= 11 is 0. The van der Waals surface area contributed by atoms with Gasteiger partial charge in [0.05, 0.1) is 22.6 Å². The van der Waals surface area contributed by atoms with Gasteiger partial charge in [-0.1, -0.05) is 0 Å². The summed E-state index contributed by atoms with van der Waals surface area (Å²) in [6, 6.07) is 4.12. The summed E-state index contributed by atoms with van der Waals surface area (Å²) < 4.78 is 10.1. The van der Waals surface area contributed by atoms with E-state index in [1.54, 1.807) is 4.68 Å². The Labute approximate surface area is 164 Å². The molecule has 7 heteroatoms. The van der Waals surface area contributed by atoms with Gasteiger partial charge in [-0.15, -0.1) is 0 Å². The molecule has 0 spiro atoms. The Balaban J connectivity index is 1.71. The van der Waals surface area contributed by atoms with Crippen molar-refractivity contribution in [3.05, 3.63) is 30.7 Å². The number of nitrogens with one attached hydrogen (secondary N) is 1. The van der Waals surface area contributed by atoms with Crippen LogP contribution in [-0.4, -0.2) is 38.1 Å². The molecule has 0 aliphatic carbocycles. The van der Waals surface area contributed by atoms with Crippen LogP contribution in [0.2, 0.25) is 0 Å². The third kappa shape index (κ3) is 3.48. The molecule has 0 bridgehead atoms. The maximum atomic E-state index is 11.6. The van der Waals surface area contributed by atoms with Gasteiger partial charge in [0.1, 0.15) is 11.9 Å². The molecule has 1 aliphatic rings. The second-order valence-corrected chi connectivity index (χ2v) is 8.65. The molecule has 148 valence electrons. The van der Waals surface area contributed by atoms with E-state index in [4.69, 9.17) is 4.74 Å². The molecule has 0 unspecified atom stereocenters. The van der Waals surface area contributed by atoms with Gasteiger partial charge in [-0.05, 0) is 45.4 Å². The summed E-state index contributed by atoms with van der Waals surface area (Å²) in [4.78, 5) is 11.6. The summed E-state index contributed by atoms with van der Waals surface area (Å²) in [6.07, 6.45) is 6.33. The molecule has 2 atom stereocenters. The van der Waals surface area contributed by atoms with E-state index in [1.165, 1.54) is 0 Å². The molecule has 1 aliphatic heterocycles. The maximum Gasteiger partial charge on any atom is 0.220 e. The van der Waals surface area contributed by atoms with E-state index in [2.05, 4.69) is 54.6 Å². The van der Waals surface area contributed by atoms with Crippen molar-refractivity contribution in [2.24, 2.45) is 13.0 Å². The zero-order chi connectivity index (χ0) is 20.1. The zero-order valence-corrected chi connectivity index (χ0v) is 17.1. The Kier molecular flexibility index (Phi) is 4.40. The van der Waals surface area contributed by atoms with E-state index in [9.17, 15) is 4.79 Å². The van der Waals surface area contributed by atoms with Gasteiger partial charge in [0.2, 0.25) is 5.91 Å². The van der Waals surface area contributed by atoms with Crippen molar-refractivity contribution in [2.75, 3.05) is 6.54 Å². The van der Waals surface area contributed by atoms with Crippen molar-refractivity contribution in [3.8, 4) is 16.9 Å². The van der Waals surface area contributed by atoms with Crippen LogP contribution in [0, 0.1) is 5.92 Å². The van der Waals surface area contributed by atoms with E-state index in [0.29, 0.717) is 13.0 Å². The van der Waals surface area contributed by atoms with Gasteiger partial charge in [0, 0.05) is 43.9 Å². The van der Waals surface area contributed by atoms with Crippen LogP contribution in [-0.2, 0) is 17.4 Å². The summed E-state index contributed by atoms with van der Waals surface area (Å²) in [6.45, 7) is 9.06. The monoisotopic (exact) mass is 381 g/mol. The molecule has 0 saturated carbocycles. The lowest BCUT2D eigenvalue weighted by Gasteiger charge is -2.20. The van der Waals surface area contributed by atoms with Gasteiger partial charge in [0.15, 0.2) is 0 Å². The summed E-state index contributed by atoms with van der Waals surface area (Å²) in [5.41, 5.74) is 2.84. The van der Waals surface area contributed by atoms with Crippen LogP contribution in [0.4, 0.5) is 0 Å². The number of carbonyl (C=O) groups is 1. The average Bonchev–Trinajstić information content (AvgIpc) is 3.32. The minimum Gasteiger partial charge on any atom is -0.490 e. The third-order valence-corrected chi connectivity index (χ3v) is 5.29. The lowest BCUT2D eigenvalue weighted by molar-refractivity contribution is -0.119. The van der Waals surface area contributed by atoms with Crippen molar-refractivity contribution in [2.45, 2.75) is 45.8 Å². The molecule has 1 saturated heterocycles. The van der Waals surface area contributed by atoms with E-state index >= 15 is 0 Å². The Morgan fingerprint density at radius 1 is 1.25 bits per heavy atom. The van der Waals surface area contributed by atoms with E-state index in [0.717, 1.165) is 27.8 Å². The van der Waals surface area contributed by atoms with Gasteiger partial charge in [0.25, 0.3) is 0 Å². The van der Waals surface area contributed by atoms with Gasteiger partial charge in [-0.25, -0.2) is 0 Å². The van der Waals surface area contributed by atoms with Crippen molar-refractivity contribution in [3.63, 3.8) is 0 Å². The molecule has 3 heterocycles. The normalized spacial score (nSPS) is 18.5. The van der Waals surface area contributed by atoms with E-state index < -0.39 is 0 Å². The summed E-state index contributed by atoms with van der Waals surface area (Å²) in [7, 11) is 1.91. The van der Waals surface area contributed by atoms with Crippen LogP contribution < -0.4 is 10.1 Å². The number of hydrogen-bond acceptors (Lipinski definition) is 4. The molecule has 0 radical (unpaired) electrons. The molecule has 28 heavy (non-hydrogen) atoms. The fourth-order valence-corrected chi connectivity index (χ4v) is 3.57. The van der Waals surface area contributed by atoms with Gasteiger partial charge < -0.3 is 10.1 Å². The quantitative estimate of drug-likeness (QED) is 0.754. The zero-order valence-electron chi connectivity index (χ0n) is 17.1. The van der Waals surface area contributed by atoms with Crippen LogP contribution in [0.5, 0.6) is 5.75 Å². The number of nitrogens with zero attached hydrogens (tertiary/aromatic N) is 4. The molecular weight excluding hydrogens is 354 g/mol. The fourth-order valence-electron chi connectivity index (χ4n) is 3.57. The van der Waals surface area contributed by atoms with Gasteiger partial charge >= 0.3 is 0 Å². The Morgan fingerprint density at radius 3 is 2.68 bits per heavy atom. The first-order valence-electron chi connectivity index (χ1n) is 9.67. The fraction of sp³-hybridized carbons (Fsp3) is 0.476. The maximum absolute atomic E-state index is 11.6. The Hall–Kier alpha value is -2.83. The number of rotatable bonds is 4. The highest BCUT2D eigenvalue weighted by molar-refractivity contribution is 5.89. The molecule has 7 nitrogen and oxygen atoms in total. The predicted molar refractivity (Wildman–Crippen MR) is 108 cm³/mol. The van der Waals surface area contributed by atoms with Gasteiger partial charge in [-0.3, -0.25) is 14.2 Å². The number of carbonyl (C=O) groups excluding carboxylic acids is 1. The molecule has 1 amide bonds. The first kappa shape index (κ1) is 18.5. The summed E-state index contributed by atoms with van der Waals surface area (Å²) in [5, 5.41) is 12.9. The number of benzene rings is 1. The molecule has 2 aromatic heterocycles. The minimum absolute atomic E-state index is 0.0742. The molecule has 1 N–H and O–H groups in total. The van der Waals surface area contributed by atoms with Crippen LogP contribution in [0.3, 0.4) is 0 Å². The number of aromatic nitrogens is 4. The highest BCUT2D eigenvalue weighted by Crippen LogP contribution is 2.34. The standard InChI is InChI=1S/C21H27N5O2/c1-13(15-8-20(27)22-9-15)28-19-7-14(6-18-17(19)12-25(5)24-18)16-10-23-26(11-16)21(2,3)4/h6-7,10-13,15H,8-9H2,1-5H3,(H,22,27)/t13-,15-/m1/s1. The third-order valence-electron chi connectivity index (χ3n) is 5.29. The number of fused-ring (bicyclic) bond motifs is 1. The van der Waals surface area contributed by atoms with E-state index in [-0.39, 0.29) is 23.5 Å². The molecule has 3 aromatic rings. The predicted octanol–water partition coefficient (Wildman–Crippen LogP) is 3.10. The lowest BCUT2D eigenvalue weighted by Crippen LogP contribution is -2.25. The SMILES string of the molecule is C[C@@H](Oc1cc(-c2cnn(C(C)(C)C)c2)cc2nn(C)cc12)[C@H]1CNC(=O)C1. The molecule has 1 aromatic carbocycles. The first-order valence-corrected chi connectivity index (χ1v) is 9.67. The molecular formula is C21H27N5O2. The largest absolute Gasteiger partial charge is 0.490 e. The van der Waals surface area contributed by atoms with Crippen molar-refractivity contribution in [1.29, 1.82) is 0 Å². The average molecular weight is 381 g/mol. The number of amides is 1. The van der Waals surface area contributed by atoms with E-state index in [1.807, 2.05) is 31.0 Å². The Morgan fingerprint density at radius 2 is 2.04 bits per heavy atom. The number of aryl methyl sites for hydroxylation is 1. The van der Waals surface area contributed by atoms with Crippen molar-refractivity contribution >= 4 is 16.8 Å². The second-order valence-electron chi connectivity index (χ2n) is 8.65. The minimum atomic E-state index is -0.0802. The summed E-state index contributed by atoms with van der Waals surface area (Å²) in [5.74, 6) is 1.05. The van der Waals surface area contributed by atoms with Crippen LogP contribution >= 0.6 is 0 Å². The van der Waals surface area contributed by atoms with Crippen molar-refractivity contribution in [1.82, 2.24) is 24.9 Å². The van der Waals surface area contributed by atoms with Crippen LogP contribution in [0.15, 0.2) is 30.7 Å². The van der Waals surface area contributed by atoms with Gasteiger partial charge in [-0.2, -0.15) is 10.2 Å². The second kappa shape index (κ2) is 6.65. The number of hydrogen-bond donors (Lipinski definition) is 1. The molecule has 4 rings (SSSR count). The van der Waals surface area contributed by atoms with Crippen LogP contribution in [0.25, 0.3) is 22.0 Å². The van der Waals surface area contributed by atoms with Crippen LogP contribution in [0.1, 0.15) is 34.1 Å². The topological polar surface area (TPSA) is 74.0 Å². The molecule has 1 fully saturated rings. The highest BCUT2D eigenvalue weighted by Gasteiger charge is 2.28. The smallest absolute Gasteiger partial charge is 0.220 e. The Bertz CT molecular complexity index is 1030. The highest BCUT2D eigenvalue weighted by atomic mass is 16.5. The lowest BCUT2D eigenvalue weighted by atomic mass is 10.0.